The van der Waals surface area contributed by atoms with Gasteiger partial charge in [-0.25, -0.2) is 0 Å². The van der Waals surface area contributed by atoms with Crippen LogP contribution in [0.4, 0.5) is 0 Å². The van der Waals surface area contributed by atoms with Gasteiger partial charge < -0.3 is 5.11 Å². The molecule has 0 bridgehead atoms. The number of aldehydes is 1. The molecule has 0 heterocycles. The van der Waals surface area contributed by atoms with E-state index in [0.717, 1.165) is 0 Å². The molecule has 0 unspecified atom stereocenters. The lowest BCUT2D eigenvalue weighted by Gasteiger charge is -1.84. The van der Waals surface area contributed by atoms with Crippen molar-refractivity contribution < 1.29 is 9.90 Å². The van der Waals surface area contributed by atoms with Gasteiger partial charge in [0.15, 0.2) is 0 Å². The van der Waals surface area contributed by atoms with Crippen LogP contribution in [0, 0.1) is 6.92 Å². The van der Waals surface area contributed by atoms with Crippen LogP contribution >= 0.6 is 0 Å². The monoisotopic (exact) mass is 230 g/mol. The van der Waals surface area contributed by atoms with E-state index >= 15 is 0 Å². The molecule has 2 nitrogen and oxygen atoms in total. The van der Waals surface area contributed by atoms with Crippen molar-refractivity contribution in [3.05, 3.63) is 72.4 Å². The van der Waals surface area contributed by atoms with Crippen molar-refractivity contribution in [3.63, 3.8) is 0 Å². The first kappa shape index (κ1) is 15.1. The Labute approximate surface area is 103 Å². The van der Waals surface area contributed by atoms with Crippen molar-refractivity contribution in [1.29, 1.82) is 0 Å². The standard InChI is InChI=1S/C8H10O2.C7H8/c1-2-3-4-8(7-10)5-6-9;1-7-5-3-2-4-6-7/h2-5,7,9H,1,6H2;2-6H,1H3/b4-3-,8-5+;. The average Bonchev–Trinajstić information content (AvgIpc) is 2.36. The van der Waals surface area contributed by atoms with E-state index in [2.05, 4.69) is 25.6 Å². The Hall–Kier alpha value is -1.93. The molecule has 0 atom stereocenters. The normalized spacial score (nSPS) is 10.6. The molecule has 0 aromatic heterocycles. The Balaban J connectivity index is 0.000000318. The molecule has 0 fully saturated rings. The number of hydrogen-bond acceptors (Lipinski definition) is 2. The average molecular weight is 230 g/mol. The third-order valence-corrected chi connectivity index (χ3v) is 1.83. The molecule has 0 radical (unpaired) electrons. The second-order valence-corrected chi connectivity index (χ2v) is 3.25. The molecule has 0 spiro atoms. The van der Waals surface area contributed by atoms with E-state index in [1.807, 2.05) is 18.2 Å². The third kappa shape index (κ3) is 9.03. The van der Waals surface area contributed by atoms with Crippen LogP contribution in [-0.2, 0) is 4.79 Å². The lowest BCUT2D eigenvalue weighted by Crippen LogP contribution is -1.81. The molecule has 0 aliphatic heterocycles. The highest BCUT2D eigenvalue weighted by molar-refractivity contribution is 5.77. The maximum absolute atomic E-state index is 10.1. The molecule has 17 heavy (non-hydrogen) atoms. The zero-order valence-electron chi connectivity index (χ0n) is 10.0. The van der Waals surface area contributed by atoms with Gasteiger partial charge in [0.25, 0.3) is 0 Å². The quantitative estimate of drug-likeness (QED) is 0.490. The molecule has 2 heteroatoms. The predicted molar refractivity (Wildman–Crippen MR) is 71.7 cm³/mol. The van der Waals surface area contributed by atoms with Gasteiger partial charge >= 0.3 is 0 Å². The Bertz CT molecular complexity index is 375. The lowest BCUT2D eigenvalue weighted by molar-refractivity contribution is -0.104. The summed E-state index contributed by atoms with van der Waals surface area (Å²) in [5, 5.41) is 8.37. The highest BCUT2D eigenvalue weighted by Crippen LogP contribution is 1.92. The fourth-order valence-corrected chi connectivity index (χ4v) is 0.974. The highest BCUT2D eigenvalue weighted by atomic mass is 16.2. The molecule has 90 valence electrons. The van der Waals surface area contributed by atoms with Crippen molar-refractivity contribution in [1.82, 2.24) is 0 Å². The Morgan fingerprint density at radius 1 is 1.35 bits per heavy atom. The second kappa shape index (κ2) is 10.6. The second-order valence-electron chi connectivity index (χ2n) is 3.25. The molecular formula is C15H18O2. The topological polar surface area (TPSA) is 37.3 Å². The number of benzene rings is 1. The van der Waals surface area contributed by atoms with Crippen LogP contribution in [0.2, 0.25) is 0 Å². The van der Waals surface area contributed by atoms with Gasteiger partial charge in [0.05, 0.1) is 6.61 Å². The lowest BCUT2D eigenvalue weighted by atomic mass is 10.2. The van der Waals surface area contributed by atoms with Crippen LogP contribution in [0.15, 0.2) is 66.8 Å². The van der Waals surface area contributed by atoms with Crippen molar-refractivity contribution in [3.8, 4) is 0 Å². The van der Waals surface area contributed by atoms with Crippen LogP contribution in [-0.4, -0.2) is 18.0 Å². The predicted octanol–water partition coefficient (Wildman–Crippen LogP) is 2.84. The highest BCUT2D eigenvalue weighted by Gasteiger charge is 1.83. The van der Waals surface area contributed by atoms with Gasteiger partial charge in [-0.15, -0.1) is 0 Å². The fraction of sp³-hybridized carbons (Fsp3) is 0.133. The molecule has 1 rings (SSSR count). The van der Waals surface area contributed by atoms with Crippen LogP contribution in [0.5, 0.6) is 0 Å². The summed E-state index contributed by atoms with van der Waals surface area (Å²) in [6, 6.07) is 10.3. The van der Waals surface area contributed by atoms with E-state index in [-0.39, 0.29) is 6.61 Å². The van der Waals surface area contributed by atoms with E-state index < -0.39 is 0 Å². The molecule has 0 saturated carbocycles. The SMILES string of the molecule is C=C/C=C\C(C=O)=C/CO.Cc1ccccc1. The summed E-state index contributed by atoms with van der Waals surface area (Å²) in [4.78, 5) is 10.1. The Morgan fingerprint density at radius 3 is 2.35 bits per heavy atom. The van der Waals surface area contributed by atoms with Crippen LogP contribution < -0.4 is 0 Å². The van der Waals surface area contributed by atoms with Gasteiger partial charge in [-0.2, -0.15) is 0 Å². The van der Waals surface area contributed by atoms with Gasteiger partial charge in [-0.3, -0.25) is 4.79 Å². The number of carbonyl (C=O) groups excluding carboxylic acids is 1. The van der Waals surface area contributed by atoms with E-state index in [4.69, 9.17) is 5.11 Å². The van der Waals surface area contributed by atoms with Crippen molar-refractivity contribution >= 4 is 6.29 Å². The molecule has 1 aromatic carbocycles. The van der Waals surface area contributed by atoms with E-state index in [0.29, 0.717) is 11.9 Å². The van der Waals surface area contributed by atoms with Gasteiger partial charge in [0.2, 0.25) is 0 Å². The fourth-order valence-electron chi connectivity index (χ4n) is 0.974. The summed E-state index contributed by atoms with van der Waals surface area (Å²) in [5.74, 6) is 0. The minimum atomic E-state index is -0.116. The summed E-state index contributed by atoms with van der Waals surface area (Å²) in [6.45, 7) is 5.40. The maximum Gasteiger partial charge on any atom is 0.149 e. The maximum atomic E-state index is 10.1. The number of rotatable bonds is 4. The number of aliphatic hydroxyl groups excluding tert-OH is 1. The van der Waals surface area contributed by atoms with Crippen molar-refractivity contribution in [2.75, 3.05) is 6.61 Å². The molecule has 0 aliphatic rings. The Morgan fingerprint density at radius 2 is 2.00 bits per heavy atom. The minimum absolute atomic E-state index is 0.116. The summed E-state index contributed by atoms with van der Waals surface area (Å²) < 4.78 is 0. The number of hydrogen-bond donors (Lipinski definition) is 1. The number of aryl methyl sites for hydroxylation is 1. The first-order valence-electron chi connectivity index (χ1n) is 5.31. The summed E-state index contributed by atoms with van der Waals surface area (Å²) >= 11 is 0. The Kier molecular flexibility index (Phi) is 9.38. The molecular weight excluding hydrogens is 212 g/mol. The molecule has 1 aromatic rings. The van der Waals surface area contributed by atoms with E-state index in [1.54, 1.807) is 18.2 Å². The zero-order chi connectivity index (χ0) is 12.9. The number of carbonyl (C=O) groups is 1. The van der Waals surface area contributed by atoms with Crippen LogP contribution in [0.1, 0.15) is 5.56 Å². The molecule has 0 aliphatic carbocycles. The van der Waals surface area contributed by atoms with E-state index in [1.165, 1.54) is 11.6 Å². The smallest absolute Gasteiger partial charge is 0.149 e. The van der Waals surface area contributed by atoms with E-state index in [9.17, 15) is 4.79 Å². The molecule has 1 N–H and O–H groups in total. The minimum Gasteiger partial charge on any atom is -0.392 e. The summed E-state index contributed by atoms with van der Waals surface area (Å²) in [6.07, 6.45) is 6.88. The third-order valence-electron chi connectivity index (χ3n) is 1.83. The van der Waals surface area contributed by atoms with Crippen LogP contribution in [0.25, 0.3) is 0 Å². The zero-order valence-corrected chi connectivity index (χ0v) is 10.0. The summed E-state index contributed by atoms with van der Waals surface area (Å²) in [5.41, 5.74) is 1.78. The first-order valence-corrected chi connectivity index (χ1v) is 5.31. The van der Waals surface area contributed by atoms with Gasteiger partial charge in [0, 0.05) is 5.57 Å². The molecule has 0 saturated heterocycles. The van der Waals surface area contributed by atoms with Gasteiger partial charge in [-0.1, -0.05) is 60.7 Å². The summed E-state index contributed by atoms with van der Waals surface area (Å²) in [7, 11) is 0. The first-order chi connectivity index (χ1) is 8.24. The van der Waals surface area contributed by atoms with Gasteiger partial charge in [0.1, 0.15) is 6.29 Å². The largest absolute Gasteiger partial charge is 0.392 e. The number of aliphatic hydroxyl groups is 1. The number of allylic oxidation sites excluding steroid dienone is 4. The van der Waals surface area contributed by atoms with Gasteiger partial charge in [-0.05, 0) is 13.0 Å². The van der Waals surface area contributed by atoms with Crippen molar-refractivity contribution in [2.24, 2.45) is 0 Å². The van der Waals surface area contributed by atoms with Crippen molar-refractivity contribution in [2.45, 2.75) is 6.92 Å². The van der Waals surface area contributed by atoms with Crippen LogP contribution in [0.3, 0.4) is 0 Å². The molecule has 0 amide bonds.